The standard InChI is InChI=1S/C14H15N5O2/c20-13(12-15-5-2-6-16-12)19-9-1-4-11(10-19)21-14-17-7-3-8-18-14/h2-3,5-8,11H,1,4,9-10H2/t11-/m1/s1. The number of ether oxygens (including phenoxy) is 1. The highest BCUT2D eigenvalue weighted by atomic mass is 16.5. The molecule has 108 valence electrons. The van der Waals surface area contributed by atoms with Crippen LogP contribution in [0.25, 0.3) is 0 Å². The van der Waals surface area contributed by atoms with E-state index in [0.717, 1.165) is 12.8 Å². The first-order valence-electron chi connectivity index (χ1n) is 6.83. The molecule has 2 aromatic heterocycles. The summed E-state index contributed by atoms with van der Waals surface area (Å²) in [6, 6.07) is 3.76. The number of carbonyl (C=O) groups excluding carboxylic acids is 1. The van der Waals surface area contributed by atoms with Gasteiger partial charge in [-0.05, 0) is 25.0 Å². The number of likely N-dealkylation sites (tertiary alicyclic amines) is 1. The molecule has 1 aliphatic rings. The van der Waals surface area contributed by atoms with E-state index in [1.54, 1.807) is 41.8 Å². The van der Waals surface area contributed by atoms with Crippen molar-refractivity contribution in [3.63, 3.8) is 0 Å². The van der Waals surface area contributed by atoms with Crippen molar-refractivity contribution in [3.05, 3.63) is 42.7 Å². The van der Waals surface area contributed by atoms with E-state index in [9.17, 15) is 4.79 Å². The first-order chi connectivity index (χ1) is 10.3. The third-order valence-electron chi connectivity index (χ3n) is 3.24. The predicted octanol–water partition coefficient (Wildman–Crippen LogP) is 0.950. The second-order valence-electron chi connectivity index (χ2n) is 4.74. The summed E-state index contributed by atoms with van der Waals surface area (Å²) in [5, 5.41) is 0. The third-order valence-corrected chi connectivity index (χ3v) is 3.24. The molecule has 7 nitrogen and oxygen atoms in total. The molecule has 0 N–H and O–H groups in total. The number of hydrogen-bond donors (Lipinski definition) is 0. The second-order valence-corrected chi connectivity index (χ2v) is 4.74. The SMILES string of the molecule is O=C(c1ncccn1)N1CCC[C@@H](Oc2ncccn2)C1. The molecule has 0 unspecified atom stereocenters. The first-order valence-corrected chi connectivity index (χ1v) is 6.83. The summed E-state index contributed by atoms with van der Waals surface area (Å²) >= 11 is 0. The Kier molecular flexibility index (Phi) is 3.99. The average molecular weight is 285 g/mol. The summed E-state index contributed by atoms with van der Waals surface area (Å²) in [6.07, 6.45) is 8.03. The van der Waals surface area contributed by atoms with Crippen molar-refractivity contribution in [2.75, 3.05) is 13.1 Å². The molecule has 0 bridgehead atoms. The van der Waals surface area contributed by atoms with Crippen LogP contribution in [0, 0.1) is 0 Å². The zero-order valence-electron chi connectivity index (χ0n) is 11.4. The van der Waals surface area contributed by atoms with Gasteiger partial charge in [-0.25, -0.2) is 19.9 Å². The van der Waals surface area contributed by atoms with Gasteiger partial charge in [0, 0.05) is 31.3 Å². The van der Waals surface area contributed by atoms with Crippen LogP contribution in [-0.2, 0) is 0 Å². The quantitative estimate of drug-likeness (QED) is 0.835. The lowest BCUT2D eigenvalue weighted by molar-refractivity contribution is 0.0505. The van der Waals surface area contributed by atoms with Crippen molar-refractivity contribution in [1.82, 2.24) is 24.8 Å². The van der Waals surface area contributed by atoms with Crippen LogP contribution in [-0.4, -0.2) is 49.9 Å². The molecule has 0 radical (unpaired) electrons. The van der Waals surface area contributed by atoms with Gasteiger partial charge in [-0.1, -0.05) is 0 Å². The zero-order chi connectivity index (χ0) is 14.5. The van der Waals surface area contributed by atoms with Crippen molar-refractivity contribution in [2.24, 2.45) is 0 Å². The number of rotatable bonds is 3. The zero-order valence-corrected chi connectivity index (χ0v) is 11.4. The fourth-order valence-electron chi connectivity index (χ4n) is 2.27. The summed E-state index contributed by atoms with van der Waals surface area (Å²) in [5.41, 5.74) is 0. The molecular formula is C14H15N5O2. The molecule has 0 aromatic carbocycles. The van der Waals surface area contributed by atoms with E-state index in [1.165, 1.54) is 0 Å². The van der Waals surface area contributed by atoms with Crippen molar-refractivity contribution in [2.45, 2.75) is 18.9 Å². The fraction of sp³-hybridized carbons (Fsp3) is 0.357. The molecule has 0 aliphatic carbocycles. The fourth-order valence-corrected chi connectivity index (χ4v) is 2.27. The van der Waals surface area contributed by atoms with Crippen LogP contribution in [0.4, 0.5) is 0 Å². The molecule has 0 spiro atoms. The minimum Gasteiger partial charge on any atom is -0.458 e. The van der Waals surface area contributed by atoms with Crippen LogP contribution >= 0.6 is 0 Å². The molecule has 3 heterocycles. The van der Waals surface area contributed by atoms with Crippen LogP contribution in [0.5, 0.6) is 6.01 Å². The van der Waals surface area contributed by atoms with Gasteiger partial charge < -0.3 is 9.64 Å². The Hall–Kier alpha value is -2.57. The van der Waals surface area contributed by atoms with Gasteiger partial charge in [-0.15, -0.1) is 0 Å². The highest BCUT2D eigenvalue weighted by Gasteiger charge is 2.27. The number of aromatic nitrogens is 4. The van der Waals surface area contributed by atoms with Crippen LogP contribution < -0.4 is 4.74 Å². The number of nitrogens with zero attached hydrogens (tertiary/aromatic N) is 5. The molecule has 1 atom stereocenters. The molecular weight excluding hydrogens is 270 g/mol. The number of carbonyl (C=O) groups is 1. The smallest absolute Gasteiger partial charge is 0.316 e. The Morgan fingerprint density at radius 3 is 2.48 bits per heavy atom. The van der Waals surface area contributed by atoms with Crippen molar-refractivity contribution < 1.29 is 9.53 Å². The molecule has 1 saturated heterocycles. The maximum absolute atomic E-state index is 12.3. The largest absolute Gasteiger partial charge is 0.458 e. The average Bonchev–Trinajstić information content (AvgIpc) is 2.56. The summed E-state index contributed by atoms with van der Waals surface area (Å²) in [7, 11) is 0. The Morgan fingerprint density at radius 1 is 1.10 bits per heavy atom. The van der Waals surface area contributed by atoms with Gasteiger partial charge in [0.25, 0.3) is 5.91 Å². The van der Waals surface area contributed by atoms with Gasteiger partial charge in [-0.2, -0.15) is 0 Å². The van der Waals surface area contributed by atoms with E-state index in [4.69, 9.17) is 4.74 Å². The Balaban J connectivity index is 1.64. The lowest BCUT2D eigenvalue weighted by Gasteiger charge is -2.31. The van der Waals surface area contributed by atoms with E-state index >= 15 is 0 Å². The molecule has 2 aromatic rings. The summed E-state index contributed by atoms with van der Waals surface area (Å²) in [5.74, 6) is 0.0481. The summed E-state index contributed by atoms with van der Waals surface area (Å²) in [4.78, 5) is 30.1. The molecule has 1 amide bonds. The number of piperidine rings is 1. The Morgan fingerprint density at radius 2 is 1.76 bits per heavy atom. The van der Waals surface area contributed by atoms with Gasteiger partial charge in [0.05, 0.1) is 6.54 Å². The van der Waals surface area contributed by atoms with Crippen molar-refractivity contribution in [3.8, 4) is 6.01 Å². The Bertz CT molecular complexity index is 593. The minimum atomic E-state index is -0.169. The molecule has 0 saturated carbocycles. The van der Waals surface area contributed by atoms with E-state index in [0.29, 0.717) is 19.1 Å². The van der Waals surface area contributed by atoms with Gasteiger partial charge >= 0.3 is 6.01 Å². The molecule has 21 heavy (non-hydrogen) atoms. The van der Waals surface area contributed by atoms with E-state index in [1.807, 2.05) is 0 Å². The maximum atomic E-state index is 12.3. The van der Waals surface area contributed by atoms with Crippen molar-refractivity contribution in [1.29, 1.82) is 0 Å². The topological polar surface area (TPSA) is 81.1 Å². The highest BCUT2D eigenvalue weighted by molar-refractivity contribution is 5.90. The summed E-state index contributed by atoms with van der Waals surface area (Å²) < 4.78 is 5.71. The van der Waals surface area contributed by atoms with E-state index < -0.39 is 0 Å². The highest BCUT2D eigenvalue weighted by Crippen LogP contribution is 2.16. The minimum absolute atomic E-state index is 0.103. The van der Waals surface area contributed by atoms with Gasteiger partial charge in [0.2, 0.25) is 5.82 Å². The lowest BCUT2D eigenvalue weighted by atomic mass is 10.1. The van der Waals surface area contributed by atoms with E-state index in [-0.39, 0.29) is 17.8 Å². The third kappa shape index (κ3) is 3.31. The molecule has 1 aliphatic heterocycles. The van der Waals surface area contributed by atoms with Crippen molar-refractivity contribution >= 4 is 5.91 Å². The monoisotopic (exact) mass is 285 g/mol. The van der Waals surface area contributed by atoms with Gasteiger partial charge in [-0.3, -0.25) is 4.79 Å². The predicted molar refractivity (Wildman–Crippen MR) is 73.6 cm³/mol. The lowest BCUT2D eigenvalue weighted by Crippen LogP contribution is -2.45. The second kappa shape index (κ2) is 6.25. The van der Waals surface area contributed by atoms with Crippen LogP contribution in [0.2, 0.25) is 0 Å². The van der Waals surface area contributed by atoms with Crippen LogP contribution in [0.1, 0.15) is 23.5 Å². The Labute approximate surface area is 122 Å². The van der Waals surface area contributed by atoms with Crippen LogP contribution in [0.3, 0.4) is 0 Å². The molecule has 1 fully saturated rings. The number of hydrogen-bond acceptors (Lipinski definition) is 6. The molecule has 3 rings (SSSR count). The van der Waals surface area contributed by atoms with Gasteiger partial charge in [0.1, 0.15) is 6.10 Å². The normalized spacial score (nSPS) is 18.3. The van der Waals surface area contributed by atoms with E-state index in [2.05, 4.69) is 19.9 Å². The molecule has 7 heteroatoms. The first kappa shape index (κ1) is 13.4. The summed E-state index contributed by atoms with van der Waals surface area (Å²) in [6.45, 7) is 1.18. The number of amides is 1. The van der Waals surface area contributed by atoms with Gasteiger partial charge in [0.15, 0.2) is 0 Å². The maximum Gasteiger partial charge on any atom is 0.316 e. The van der Waals surface area contributed by atoms with Crippen LogP contribution in [0.15, 0.2) is 36.9 Å².